The van der Waals surface area contributed by atoms with Gasteiger partial charge in [0.1, 0.15) is 10.9 Å². The second-order valence-corrected chi connectivity index (χ2v) is 5.68. The Bertz CT molecular complexity index is 915. The second kappa shape index (κ2) is 7.88. The molecule has 0 amide bonds. The monoisotopic (exact) mass is 370 g/mol. The molecule has 0 aliphatic rings. The molecule has 1 aromatic carbocycles. The lowest BCUT2D eigenvalue weighted by atomic mass is 10.1. The van der Waals surface area contributed by atoms with E-state index in [4.69, 9.17) is 21.1 Å². The average Bonchev–Trinajstić information content (AvgIpc) is 2.64. The summed E-state index contributed by atoms with van der Waals surface area (Å²) >= 11 is 5.78. The lowest BCUT2D eigenvalue weighted by Crippen LogP contribution is -2.12. The van der Waals surface area contributed by atoms with Gasteiger partial charge in [0.05, 0.1) is 12.8 Å². The van der Waals surface area contributed by atoms with E-state index in [-0.39, 0.29) is 18.2 Å². The van der Waals surface area contributed by atoms with Crippen LogP contribution >= 0.6 is 11.6 Å². The van der Waals surface area contributed by atoms with Gasteiger partial charge < -0.3 is 9.47 Å². The Labute approximate surface area is 155 Å². The minimum Gasteiger partial charge on any atom is -0.461 e. The third-order valence-corrected chi connectivity index (χ3v) is 3.57. The summed E-state index contributed by atoms with van der Waals surface area (Å²) in [5, 5.41) is 8.29. The van der Waals surface area contributed by atoms with E-state index >= 15 is 0 Å². The van der Waals surface area contributed by atoms with Crippen molar-refractivity contribution < 1.29 is 14.3 Å². The van der Waals surface area contributed by atoms with Crippen molar-refractivity contribution in [2.45, 2.75) is 13.8 Å². The third kappa shape index (κ3) is 4.12. The van der Waals surface area contributed by atoms with Gasteiger partial charge in [-0.2, -0.15) is 4.98 Å². The molecule has 132 valence electrons. The van der Waals surface area contributed by atoms with Gasteiger partial charge in [-0.3, -0.25) is 0 Å². The minimum absolute atomic E-state index is 0.0156. The molecule has 0 saturated carbocycles. The van der Waals surface area contributed by atoms with E-state index in [0.717, 1.165) is 11.1 Å². The van der Waals surface area contributed by atoms with Crippen LogP contribution in [-0.2, 0) is 4.74 Å². The van der Waals surface area contributed by atoms with Crippen LogP contribution in [0.5, 0.6) is 11.6 Å². The molecule has 8 heteroatoms. The SMILES string of the molecule is CCOC(=O)c1nnc(-c2ccc(C)cc2)nc1Oc1ccc(Cl)nc1. The smallest absolute Gasteiger partial charge is 0.364 e. The van der Waals surface area contributed by atoms with Crippen LogP contribution in [0, 0.1) is 6.92 Å². The van der Waals surface area contributed by atoms with Crippen molar-refractivity contribution in [1.82, 2.24) is 20.2 Å². The highest BCUT2D eigenvalue weighted by Crippen LogP contribution is 2.25. The standard InChI is InChI=1S/C18H15ClN4O3/c1-3-25-18(24)15-17(26-13-8-9-14(19)20-10-13)21-16(23-22-15)12-6-4-11(2)5-7-12/h4-10H,3H2,1-2H3. The predicted octanol–water partition coefficient (Wildman–Crippen LogP) is 3.86. The second-order valence-electron chi connectivity index (χ2n) is 5.29. The molecule has 0 spiro atoms. The Morgan fingerprint density at radius 2 is 1.88 bits per heavy atom. The van der Waals surface area contributed by atoms with Crippen LogP contribution in [0.2, 0.25) is 5.15 Å². The minimum atomic E-state index is -0.667. The Kier molecular flexibility index (Phi) is 5.38. The molecule has 0 saturated heterocycles. The van der Waals surface area contributed by atoms with Gasteiger partial charge in [-0.25, -0.2) is 9.78 Å². The molecule has 0 unspecified atom stereocenters. The van der Waals surface area contributed by atoms with Crippen molar-refractivity contribution in [3.8, 4) is 23.0 Å². The summed E-state index contributed by atoms with van der Waals surface area (Å²) in [6.45, 7) is 3.88. The van der Waals surface area contributed by atoms with Gasteiger partial charge in [0, 0.05) is 5.56 Å². The van der Waals surface area contributed by atoms with Crippen LogP contribution in [0.15, 0.2) is 42.6 Å². The number of aryl methyl sites for hydroxylation is 1. The fourth-order valence-corrected chi connectivity index (χ4v) is 2.18. The number of pyridine rings is 1. The molecule has 2 heterocycles. The molecule has 0 aliphatic carbocycles. The summed E-state index contributed by atoms with van der Waals surface area (Å²) in [7, 11) is 0. The number of hydrogen-bond acceptors (Lipinski definition) is 7. The number of carbonyl (C=O) groups excluding carboxylic acids is 1. The van der Waals surface area contributed by atoms with E-state index in [1.165, 1.54) is 6.20 Å². The zero-order chi connectivity index (χ0) is 18.5. The highest BCUT2D eigenvalue weighted by atomic mass is 35.5. The van der Waals surface area contributed by atoms with Crippen molar-refractivity contribution in [2.75, 3.05) is 6.61 Å². The molecule has 0 radical (unpaired) electrons. The van der Waals surface area contributed by atoms with Gasteiger partial charge >= 0.3 is 5.97 Å². The molecule has 2 aromatic heterocycles. The van der Waals surface area contributed by atoms with Gasteiger partial charge in [-0.1, -0.05) is 41.4 Å². The van der Waals surface area contributed by atoms with Crippen molar-refractivity contribution >= 4 is 17.6 Å². The van der Waals surface area contributed by atoms with Gasteiger partial charge in [-0.15, -0.1) is 10.2 Å². The largest absolute Gasteiger partial charge is 0.461 e. The van der Waals surface area contributed by atoms with E-state index in [0.29, 0.717) is 16.7 Å². The fraction of sp³-hybridized carbons (Fsp3) is 0.167. The lowest BCUT2D eigenvalue weighted by molar-refractivity contribution is 0.0514. The van der Waals surface area contributed by atoms with Crippen molar-refractivity contribution in [1.29, 1.82) is 0 Å². The Hall–Kier alpha value is -3.06. The molecule has 26 heavy (non-hydrogen) atoms. The summed E-state index contributed by atoms with van der Waals surface area (Å²) < 4.78 is 10.7. The van der Waals surface area contributed by atoms with Crippen LogP contribution in [0.1, 0.15) is 23.0 Å². The van der Waals surface area contributed by atoms with Crippen molar-refractivity contribution in [2.24, 2.45) is 0 Å². The molecule has 7 nitrogen and oxygen atoms in total. The average molecular weight is 371 g/mol. The highest BCUT2D eigenvalue weighted by molar-refractivity contribution is 6.29. The van der Waals surface area contributed by atoms with Crippen molar-refractivity contribution in [3.05, 3.63) is 59.0 Å². The van der Waals surface area contributed by atoms with Crippen LogP contribution in [0.4, 0.5) is 0 Å². The van der Waals surface area contributed by atoms with Crippen LogP contribution < -0.4 is 4.74 Å². The van der Waals surface area contributed by atoms with Gasteiger partial charge in [0.25, 0.3) is 5.88 Å². The van der Waals surface area contributed by atoms with E-state index < -0.39 is 5.97 Å². The van der Waals surface area contributed by atoms with E-state index in [1.807, 2.05) is 31.2 Å². The van der Waals surface area contributed by atoms with Gasteiger partial charge in [-0.05, 0) is 26.0 Å². The summed E-state index contributed by atoms with van der Waals surface area (Å²) in [6, 6.07) is 10.8. The number of aromatic nitrogens is 4. The Morgan fingerprint density at radius 3 is 2.54 bits per heavy atom. The number of benzene rings is 1. The molecule has 0 bridgehead atoms. The molecule has 0 N–H and O–H groups in total. The lowest BCUT2D eigenvalue weighted by Gasteiger charge is -2.09. The van der Waals surface area contributed by atoms with Crippen molar-refractivity contribution in [3.63, 3.8) is 0 Å². The maximum Gasteiger partial charge on any atom is 0.364 e. The number of esters is 1. The maximum absolute atomic E-state index is 12.1. The number of hydrogen-bond donors (Lipinski definition) is 0. The van der Waals surface area contributed by atoms with Gasteiger partial charge in [0.2, 0.25) is 5.69 Å². The fourth-order valence-electron chi connectivity index (χ4n) is 2.07. The number of rotatable bonds is 5. The molecule has 0 fully saturated rings. The molecule has 3 rings (SSSR count). The maximum atomic E-state index is 12.1. The summed E-state index contributed by atoms with van der Waals surface area (Å²) in [6.07, 6.45) is 1.42. The van der Waals surface area contributed by atoms with Crippen LogP contribution in [0.25, 0.3) is 11.4 Å². The third-order valence-electron chi connectivity index (χ3n) is 3.35. The van der Waals surface area contributed by atoms with E-state index in [9.17, 15) is 4.79 Å². The zero-order valence-electron chi connectivity index (χ0n) is 14.1. The van der Waals surface area contributed by atoms with Gasteiger partial charge in [0.15, 0.2) is 5.82 Å². The molecule has 3 aromatic rings. The van der Waals surface area contributed by atoms with E-state index in [1.54, 1.807) is 19.1 Å². The Balaban J connectivity index is 2.01. The Morgan fingerprint density at radius 1 is 1.12 bits per heavy atom. The summed E-state index contributed by atoms with van der Waals surface area (Å²) in [4.78, 5) is 20.4. The summed E-state index contributed by atoms with van der Waals surface area (Å²) in [5.41, 5.74) is 1.74. The first-order valence-corrected chi connectivity index (χ1v) is 8.23. The number of halogens is 1. The number of nitrogens with zero attached hydrogens (tertiary/aromatic N) is 4. The molecule has 0 atom stereocenters. The number of ether oxygens (including phenoxy) is 2. The van der Waals surface area contributed by atoms with E-state index in [2.05, 4.69) is 20.2 Å². The molecule has 0 aliphatic heterocycles. The van der Waals surface area contributed by atoms with Crippen LogP contribution in [-0.4, -0.2) is 32.7 Å². The molecular formula is C18H15ClN4O3. The van der Waals surface area contributed by atoms with Crippen LogP contribution in [0.3, 0.4) is 0 Å². The predicted molar refractivity (Wildman–Crippen MR) is 95.3 cm³/mol. The highest BCUT2D eigenvalue weighted by Gasteiger charge is 2.21. The first-order valence-electron chi connectivity index (χ1n) is 7.85. The zero-order valence-corrected chi connectivity index (χ0v) is 14.9. The first-order chi connectivity index (χ1) is 12.6. The summed E-state index contributed by atoms with van der Waals surface area (Å²) in [5.74, 6) is 0.00306. The quantitative estimate of drug-likeness (QED) is 0.497. The topological polar surface area (TPSA) is 87.1 Å². The number of carbonyl (C=O) groups is 1. The first kappa shape index (κ1) is 17.8. The molecular weight excluding hydrogens is 356 g/mol. The normalized spacial score (nSPS) is 10.4.